The lowest BCUT2D eigenvalue weighted by Crippen LogP contribution is -2.22. The van der Waals surface area contributed by atoms with Gasteiger partial charge in [-0.15, -0.1) is 0 Å². The maximum Gasteiger partial charge on any atom is 0.193 e. The van der Waals surface area contributed by atoms with Crippen LogP contribution in [-0.4, -0.2) is 12.1 Å². The second kappa shape index (κ2) is 7.86. The summed E-state index contributed by atoms with van der Waals surface area (Å²) in [5.41, 5.74) is 9.22. The highest BCUT2D eigenvalue weighted by Crippen LogP contribution is 2.27. The minimum Gasteiger partial charge on any atom is -0.490 e. The van der Waals surface area contributed by atoms with E-state index in [1.807, 2.05) is 42.5 Å². The van der Waals surface area contributed by atoms with E-state index in [0.717, 1.165) is 29.8 Å². The number of nitrogens with one attached hydrogen (secondary N) is 1. The van der Waals surface area contributed by atoms with Crippen LogP contribution in [0.4, 0.5) is 5.69 Å². The number of rotatable bonds is 5. The average Bonchev–Trinajstić information content (AvgIpc) is 3.07. The van der Waals surface area contributed by atoms with E-state index in [-0.39, 0.29) is 0 Å². The first-order chi connectivity index (χ1) is 11.7. The summed E-state index contributed by atoms with van der Waals surface area (Å²) >= 11 is 0. The molecule has 0 heterocycles. The summed E-state index contributed by atoms with van der Waals surface area (Å²) in [6, 6.07) is 16.2. The molecule has 2 aromatic rings. The van der Waals surface area contributed by atoms with Crippen molar-refractivity contribution in [2.24, 2.45) is 10.7 Å². The van der Waals surface area contributed by atoms with Crippen LogP contribution >= 0.6 is 0 Å². The lowest BCUT2D eigenvalue weighted by molar-refractivity contribution is 0.208. The summed E-state index contributed by atoms with van der Waals surface area (Å²) in [6.07, 6.45) is 5.16. The zero-order chi connectivity index (χ0) is 16.8. The van der Waals surface area contributed by atoms with Gasteiger partial charge >= 0.3 is 0 Å². The van der Waals surface area contributed by atoms with E-state index < -0.39 is 0 Å². The van der Waals surface area contributed by atoms with Crippen LogP contribution in [0, 0.1) is 6.92 Å². The van der Waals surface area contributed by atoms with E-state index in [9.17, 15) is 0 Å². The van der Waals surface area contributed by atoms with Gasteiger partial charge in [0.1, 0.15) is 5.75 Å². The largest absolute Gasteiger partial charge is 0.490 e. The quantitative estimate of drug-likeness (QED) is 0.639. The maximum atomic E-state index is 6.14. The fourth-order valence-electron chi connectivity index (χ4n) is 3.02. The fourth-order valence-corrected chi connectivity index (χ4v) is 3.02. The Morgan fingerprint density at radius 3 is 2.75 bits per heavy atom. The second-order valence-electron chi connectivity index (χ2n) is 6.33. The number of hydrogen-bond acceptors (Lipinski definition) is 2. The van der Waals surface area contributed by atoms with E-state index in [0.29, 0.717) is 18.6 Å². The van der Waals surface area contributed by atoms with Gasteiger partial charge in [0.25, 0.3) is 0 Å². The molecule has 126 valence electrons. The van der Waals surface area contributed by atoms with Gasteiger partial charge in [-0.05, 0) is 56.4 Å². The van der Waals surface area contributed by atoms with Gasteiger partial charge < -0.3 is 15.8 Å². The van der Waals surface area contributed by atoms with Crippen molar-refractivity contribution in [3.05, 3.63) is 59.7 Å². The summed E-state index contributed by atoms with van der Waals surface area (Å²) in [5.74, 6) is 1.34. The molecule has 1 aliphatic rings. The number of hydrogen-bond donors (Lipinski definition) is 2. The normalized spacial score (nSPS) is 15.5. The van der Waals surface area contributed by atoms with Gasteiger partial charge in [-0.25, -0.2) is 4.99 Å². The number of benzene rings is 2. The molecule has 0 atom stereocenters. The zero-order valence-corrected chi connectivity index (χ0v) is 14.2. The first kappa shape index (κ1) is 16.4. The molecule has 0 spiro atoms. The number of anilines is 1. The summed E-state index contributed by atoms with van der Waals surface area (Å²) in [7, 11) is 0. The minimum atomic E-state index is 0.345. The number of nitrogens with zero attached hydrogens (tertiary/aromatic N) is 1. The average molecular weight is 323 g/mol. The Hall–Kier alpha value is -2.49. The molecular weight excluding hydrogens is 298 g/mol. The summed E-state index contributed by atoms with van der Waals surface area (Å²) < 4.78 is 6.14. The van der Waals surface area contributed by atoms with Crippen LogP contribution < -0.4 is 15.8 Å². The molecule has 0 saturated heterocycles. The van der Waals surface area contributed by atoms with Crippen molar-refractivity contribution < 1.29 is 4.74 Å². The molecule has 0 aliphatic heterocycles. The van der Waals surface area contributed by atoms with Crippen LogP contribution in [0.3, 0.4) is 0 Å². The number of para-hydroxylation sites is 1. The first-order valence-corrected chi connectivity index (χ1v) is 8.59. The molecule has 2 aromatic carbocycles. The molecule has 1 fully saturated rings. The molecule has 1 aliphatic carbocycles. The van der Waals surface area contributed by atoms with Crippen molar-refractivity contribution in [3.63, 3.8) is 0 Å². The molecule has 0 aromatic heterocycles. The Bertz CT molecular complexity index is 706. The summed E-state index contributed by atoms with van der Waals surface area (Å²) in [4.78, 5) is 4.46. The molecule has 0 amide bonds. The molecule has 4 heteroatoms. The van der Waals surface area contributed by atoms with Gasteiger partial charge in [0, 0.05) is 11.3 Å². The van der Waals surface area contributed by atoms with Gasteiger partial charge in [-0.3, -0.25) is 0 Å². The number of ether oxygens (including phenoxy) is 1. The number of guanidine groups is 1. The zero-order valence-electron chi connectivity index (χ0n) is 14.2. The number of aliphatic imine (C=N–C) groups is 1. The van der Waals surface area contributed by atoms with E-state index in [1.54, 1.807) is 0 Å². The molecule has 0 unspecified atom stereocenters. The van der Waals surface area contributed by atoms with E-state index in [2.05, 4.69) is 23.3 Å². The molecule has 3 N–H and O–H groups in total. The smallest absolute Gasteiger partial charge is 0.193 e. The van der Waals surface area contributed by atoms with Crippen LogP contribution in [0.5, 0.6) is 5.75 Å². The summed E-state index contributed by atoms with van der Waals surface area (Å²) in [6.45, 7) is 2.56. The van der Waals surface area contributed by atoms with Crippen molar-refractivity contribution in [2.75, 3.05) is 5.32 Å². The van der Waals surface area contributed by atoms with E-state index in [1.165, 1.54) is 18.4 Å². The predicted molar refractivity (Wildman–Crippen MR) is 99.5 cm³/mol. The maximum absolute atomic E-state index is 6.14. The van der Waals surface area contributed by atoms with E-state index in [4.69, 9.17) is 10.5 Å². The Kier molecular flexibility index (Phi) is 5.36. The minimum absolute atomic E-state index is 0.345. The van der Waals surface area contributed by atoms with Gasteiger partial charge in [0.15, 0.2) is 5.96 Å². The van der Waals surface area contributed by atoms with Crippen LogP contribution in [-0.2, 0) is 6.54 Å². The standard InChI is InChI=1S/C20H25N3O/c1-15-7-6-9-17(13-15)23-20(21)22-14-16-8-2-5-12-19(16)24-18-10-3-4-11-18/h2,5-9,12-13,18H,3-4,10-11,14H2,1H3,(H3,21,22,23). The second-order valence-corrected chi connectivity index (χ2v) is 6.33. The Labute approximate surface area is 143 Å². The van der Waals surface area contributed by atoms with Gasteiger partial charge in [-0.1, -0.05) is 30.3 Å². The molecule has 0 radical (unpaired) electrons. The number of aryl methyl sites for hydroxylation is 1. The third-order valence-electron chi connectivity index (χ3n) is 4.28. The van der Waals surface area contributed by atoms with Crippen molar-refractivity contribution in [1.29, 1.82) is 0 Å². The molecule has 1 saturated carbocycles. The van der Waals surface area contributed by atoms with Crippen molar-refractivity contribution >= 4 is 11.6 Å². The van der Waals surface area contributed by atoms with Crippen LogP contribution in [0.2, 0.25) is 0 Å². The molecule has 3 rings (SSSR count). The SMILES string of the molecule is Cc1cccc(NC(N)=NCc2ccccc2OC2CCCC2)c1. The topological polar surface area (TPSA) is 59.6 Å². The third-order valence-corrected chi connectivity index (χ3v) is 4.28. The lowest BCUT2D eigenvalue weighted by atomic mass is 10.2. The Balaban J connectivity index is 1.64. The highest BCUT2D eigenvalue weighted by Gasteiger charge is 2.17. The summed E-state index contributed by atoms with van der Waals surface area (Å²) in [5, 5.41) is 3.13. The Morgan fingerprint density at radius 1 is 1.17 bits per heavy atom. The molecule has 24 heavy (non-hydrogen) atoms. The molecule has 4 nitrogen and oxygen atoms in total. The lowest BCUT2D eigenvalue weighted by Gasteiger charge is -2.16. The predicted octanol–water partition coefficient (Wildman–Crippen LogP) is 4.24. The van der Waals surface area contributed by atoms with Gasteiger partial charge in [-0.2, -0.15) is 0 Å². The monoisotopic (exact) mass is 323 g/mol. The highest BCUT2D eigenvalue weighted by molar-refractivity contribution is 5.92. The Morgan fingerprint density at radius 2 is 1.96 bits per heavy atom. The molecule has 0 bridgehead atoms. The van der Waals surface area contributed by atoms with E-state index >= 15 is 0 Å². The van der Waals surface area contributed by atoms with Gasteiger partial charge in [0.2, 0.25) is 0 Å². The van der Waals surface area contributed by atoms with Crippen molar-refractivity contribution in [3.8, 4) is 5.75 Å². The van der Waals surface area contributed by atoms with Crippen LogP contribution in [0.15, 0.2) is 53.5 Å². The first-order valence-electron chi connectivity index (χ1n) is 8.59. The molecular formula is C20H25N3O. The van der Waals surface area contributed by atoms with Crippen LogP contribution in [0.25, 0.3) is 0 Å². The highest BCUT2D eigenvalue weighted by atomic mass is 16.5. The number of nitrogens with two attached hydrogens (primary N) is 1. The van der Waals surface area contributed by atoms with Crippen molar-refractivity contribution in [2.45, 2.75) is 45.3 Å². The fraction of sp³-hybridized carbons (Fsp3) is 0.350. The third kappa shape index (κ3) is 4.51. The van der Waals surface area contributed by atoms with Crippen molar-refractivity contribution in [1.82, 2.24) is 0 Å². The van der Waals surface area contributed by atoms with Gasteiger partial charge in [0.05, 0.1) is 12.6 Å². The van der Waals surface area contributed by atoms with Crippen LogP contribution in [0.1, 0.15) is 36.8 Å².